The molecule has 0 saturated heterocycles. The van der Waals surface area contributed by atoms with E-state index in [1.807, 2.05) is 36.4 Å². The molecule has 0 radical (unpaired) electrons. The molecule has 2 nitrogen and oxygen atoms in total. The predicted octanol–water partition coefficient (Wildman–Crippen LogP) is 4.81. The van der Waals surface area contributed by atoms with Crippen molar-refractivity contribution >= 4 is 11.6 Å². The molecule has 112 valence electrons. The van der Waals surface area contributed by atoms with Gasteiger partial charge in [-0.2, -0.15) is 0 Å². The maximum Gasteiger partial charge on any atom is 0.120 e. The van der Waals surface area contributed by atoms with Crippen LogP contribution in [0.5, 0.6) is 5.75 Å². The van der Waals surface area contributed by atoms with Crippen LogP contribution in [0.25, 0.3) is 0 Å². The van der Waals surface area contributed by atoms with Gasteiger partial charge < -0.3 is 10.1 Å². The summed E-state index contributed by atoms with van der Waals surface area (Å²) in [7, 11) is 0. The van der Waals surface area contributed by atoms with E-state index in [0.29, 0.717) is 12.6 Å². The third kappa shape index (κ3) is 5.07. The van der Waals surface area contributed by atoms with Crippen LogP contribution < -0.4 is 10.1 Å². The Hall–Kier alpha value is -1.51. The van der Waals surface area contributed by atoms with Gasteiger partial charge in [0.05, 0.1) is 0 Å². The Morgan fingerprint density at radius 1 is 1.14 bits per heavy atom. The summed E-state index contributed by atoms with van der Waals surface area (Å²) >= 11 is 6.13. The van der Waals surface area contributed by atoms with Crippen LogP contribution >= 0.6 is 11.6 Å². The summed E-state index contributed by atoms with van der Waals surface area (Å²) in [6.07, 6.45) is 1.13. The highest BCUT2D eigenvalue weighted by molar-refractivity contribution is 6.31. The van der Waals surface area contributed by atoms with Gasteiger partial charge in [0, 0.05) is 23.2 Å². The van der Waals surface area contributed by atoms with Gasteiger partial charge in [0.2, 0.25) is 0 Å². The summed E-state index contributed by atoms with van der Waals surface area (Å²) in [4.78, 5) is 0. The summed E-state index contributed by atoms with van der Waals surface area (Å²) in [5, 5.41) is 4.22. The number of benzene rings is 2. The lowest BCUT2D eigenvalue weighted by atomic mass is 10.2. The molecule has 0 amide bonds. The summed E-state index contributed by atoms with van der Waals surface area (Å²) in [5.41, 5.74) is 2.23. The summed E-state index contributed by atoms with van der Waals surface area (Å²) in [6, 6.07) is 16.5. The van der Waals surface area contributed by atoms with Crippen molar-refractivity contribution in [2.75, 3.05) is 0 Å². The first-order chi connectivity index (χ1) is 10.2. The molecular weight excluding hydrogens is 282 g/mol. The van der Waals surface area contributed by atoms with Crippen molar-refractivity contribution in [3.05, 3.63) is 64.7 Å². The SMILES string of the molecule is CCC(C)NCc1cccc(OCc2ccccc2Cl)c1. The molecule has 0 fully saturated rings. The second-order valence-electron chi connectivity index (χ2n) is 5.22. The first kappa shape index (κ1) is 15.9. The highest BCUT2D eigenvalue weighted by Gasteiger charge is 2.02. The molecule has 1 unspecified atom stereocenters. The number of rotatable bonds is 7. The molecule has 0 aliphatic heterocycles. The number of hydrogen-bond acceptors (Lipinski definition) is 2. The molecule has 0 aliphatic rings. The molecular formula is C18H22ClNO. The van der Waals surface area contributed by atoms with Crippen molar-refractivity contribution in [3.63, 3.8) is 0 Å². The average molecular weight is 304 g/mol. The minimum Gasteiger partial charge on any atom is -0.489 e. The van der Waals surface area contributed by atoms with E-state index >= 15 is 0 Å². The number of hydrogen-bond donors (Lipinski definition) is 1. The second-order valence-corrected chi connectivity index (χ2v) is 5.62. The summed E-state index contributed by atoms with van der Waals surface area (Å²) < 4.78 is 5.83. The van der Waals surface area contributed by atoms with Gasteiger partial charge in [0.1, 0.15) is 12.4 Å². The lowest BCUT2D eigenvalue weighted by molar-refractivity contribution is 0.306. The molecule has 0 spiro atoms. The number of halogens is 1. The zero-order valence-corrected chi connectivity index (χ0v) is 13.4. The van der Waals surface area contributed by atoms with Gasteiger partial charge in [-0.25, -0.2) is 0 Å². The van der Waals surface area contributed by atoms with E-state index in [-0.39, 0.29) is 0 Å². The van der Waals surface area contributed by atoms with Crippen molar-refractivity contribution in [2.45, 2.75) is 39.5 Å². The molecule has 2 aromatic rings. The highest BCUT2D eigenvalue weighted by Crippen LogP contribution is 2.19. The topological polar surface area (TPSA) is 21.3 Å². The molecule has 1 N–H and O–H groups in total. The smallest absolute Gasteiger partial charge is 0.120 e. The van der Waals surface area contributed by atoms with Crippen molar-refractivity contribution < 1.29 is 4.74 Å². The predicted molar refractivity (Wildman–Crippen MR) is 88.8 cm³/mol. The van der Waals surface area contributed by atoms with Gasteiger partial charge in [0.25, 0.3) is 0 Å². The van der Waals surface area contributed by atoms with Crippen LogP contribution in [0.1, 0.15) is 31.4 Å². The van der Waals surface area contributed by atoms with E-state index in [1.165, 1.54) is 5.56 Å². The average Bonchev–Trinajstić information content (AvgIpc) is 2.52. The molecule has 1 atom stereocenters. The van der Waals surface area contributed by atoms with Crippen LogP contribution in [0.3, 0.4) is 0 Å². The van der Waals surface area contributed by atoms with E-state index in [2.05, 4.69) is 31.3 Å². The lowest BCUT2D eigenvalue weighted by Crippen LogP contribution is -2.24. The maximum atomic E-state index is 6.13. The highest BCUT2D eigenvalue weighted by atomic mass is 35.5. The third-order valence-corrected chi connectivity index (χ3v) is 3.89. The Kier molecular flexibility index (Phi) is 6.09. The minimum absolute atomic E-state index is 0.488. The van der Waals surface area contributed by atoms with Crippen molar-refractivity contribution in [3.8, 4) is 5.75 Å². The van der Waals surface area contributed by atoms with Gasteiger partial charge in [-0.1, -0.05) is 48.9 Å². The van der Waals surface area contributed by atoms with Crippen LogP contribution in [0.2, 0.25) is 5.02 Å². The van der Waals surface area contributed by atoms with Crippen molar-refractivity contribution in [2.24, 2.45) is 0 Å². The van der Waals surface area contributed by atoms with Gasteiger partial charge in [-0.05, 0) is 37.1 Å². The number of nitrogens with one attached hydrogen (secondary N) is 1. The second kappa shape index (κ2) is 8.06. The third-order valence-electron chi connectivity index (χ3n) is 3.52. The Morgan fingerprint density at radius 3 is 2.71 bits per heavy atom. The van der Waals surface area contributed by atoms with Gasteiger partial charge >= 0.3 is 0 Å². The fourth-order valence-corrected chi connectivity index (χ4v) is 2.15. The fraction of sp³-hybridized carbons (Fsp3) is 0.333. The van der Waals surface area contributed by atoms with E-state index in [4.69, 9.17) is 16.3 Å². The van der Waals surface area contributed by atoms with Crippen LogP contribution in [0, 0.1) is 0 Å². The molecule has 0 bridgehead atoms. The molecule has 2 aromatic carbocycles. The lowest BCUT2D eigenvalue weighted by Gasteiger charge is -2.12. The van der Waals surface area contributed by atoms with Crippen LogP contribution in [0.15, 0.2) is 48.5 Å². The van der Waals surface area contributed by atoms with E-state index in [0.717, 1.165) is 29.3 Å². The van der Waals surface area contributed by atoms with Crippen LogP contribution in [-0.4, -0.2) is 6.04 Å². The molecule has 21 heavy (non-hydrogen) atoms. The summed E-state index contributed by atoms with van der Waals surface area (Å²) in [5.74, 6) is 0.873. The molecule has 2 rings (SSSR count). The zero-order valence-electron chi connectivity index (χ0n) is 12.6. The standard InChI is InChI=1S/C18H22ClNO/c1-3-14(2)20-12-15-7-6-9-17(11-15)21-13-16-8-4-5-10-18(16)19/h4-11,14,20H,3,12-13H2,1-2H3. The normalized spacial score (nSPS) is 12.1. The Balaban J connectivity index is 1.93. The monoisotopic (exact) mass is 303 g/mol. The molecule has 0 aromatic heterocycles. The Bertz CT molecular complexity index is 571. The Morgan fingerprint density at radius 2 is 1.95 bits per heavy atom. The Labute approximate surface area is 132 Å². The first-order valence-electron chi connectivity index (χ1n) is 7.37. The van der Waals surface area contributed by atoms with Gasteiger partial charge in [0.15, 0.2) is 0 Å². The van der Waals surface area contributed by atoms with Crippen molar-refractivity contribution in [1.82, 2.24) is 5.32 Å². The van der Waals surface area contributed by atoms with E-state index in [9.17, 15) is 0 Å². The van der Waals surface area contributed by atoms with Crippen LogP contribution in [-0.2, 0) is 13.2 Å². The maximum absolute atomic E-state index is 6.13. The van der Waals surface area contributed by atoms with Gasteiger partial charge in [-0.15, -0.1) is 0 Å². The number of ether oxygens (including phenoxy) is 1. The first-order valence-corrected chi connectivity index (χ1v) is 7.75. The quantitative estimate of drug-likeness (QED) is 0.793. The summed E-state index contributed by atoms with van der Waals surface area (Å²) in [6.45, 7) is 5.72. The molecule has 0 saturated carbocycles. The van der Waals surface area contributed by atoms with Crippen molar-refractivity contribution in [1.29, 1.82) is 0 Å². The molecule has 3 heteroatoms. The zero-order chi connectivity index (χ0) is 15.1. The van der Waals surface area contributed by atoms with E-state index < -0.39 is 0 Å². The fourth-order valence-electron chi connectivity index (χ4n) is 1.96. The van der Waals surface area contributed by atoms with E-state index in [1.54, 1.807) is 0 Å². The molecule has 0 aliphatic carbocycles. The largest absolute Gasteiger partial charge is 0.489 e. The van der Waals surface area contributed by atoms with Gasteiger partial charge in [-0.3, -0.25) is 0 Å². The molecule has 0 heterocycles. The van der Waals surface area contributed by atoms with Crippen LogP contribution in [0.4, 0.5) is 0 Å². The minimum atomic E-state index is 0.488.